The maximum absolute atomic E-state index is 12.1. The molecule has 0 aliphatic carbocycles. The minimum Gasteiger partial charge on any atom is -0.308 e. The van der Waals surface area contributed by atoms with Crippen LogP contribution in [0, 0.1) is 0 Å². The number of nitrogens with zero attached hydrogens (tertiary/aromatic N) is 5. The van der Waals surface area contributed by atoms with Gasteiger partial charge in [-0.3, -0.25) is 4.79 Å². The smallest absolute Gasteiger partial charge is 0.258 e. The predicted molar refractivity (Wildman–Crippen MR) is 87.6 cm³/mol. The number of aromatic amines is 1. The van der Waals surface area contributed by atoms with Crippen molar-refractivity contribution in [1.29, 1.82) is 0 Å². The number of tetrazole rings is 1. The van der Waals surface area contributed by atoms with Gasteiger partial charge < -0.3 is 4.98 Å². The van der Waals surface area contributed by atoms with E-state index in [4.69, 9.17) is 11.6 Å². The van der Waals surface area contributed by atoms with Gasteiger partial charge in [-0.2, -0.15) is 16.1 Å². The Morgan fingerprint density at radius 2 is 2.22 bits per heavy atom. The van der Waals surface area contributed by atoms with E-state index in [1.165, 1.54) is 4.80 Å². The van der Waals surface area contributed by atoms with Gasteiger partial charge in [0.2, 0.25) is 5.82 Å². The Kier molecular flexibility index (Phi) is 3.40. The molecule has 0 radical (unpaired) electrons. The van der Waals surface area contributed by atoms with Gasteiger partial charge >= 0.3 is 0 Å². The van der Waals surface area contributed by atoms with Crippen LogP contribution < -0.4 is 5.56 Å². The van der Waals surface area contributed by atoms with Gasteiger partial charge in [-0.05, 0) is 34.9 Å². The van der Waals surface area contributed by atoms with Gasteiger partial charge in [-0.1, -0.05) is 11.6 Å². The normalized spacial score (nSPS) is 11.2. The average Bonchev–Trinajstić information content (AvgIpc) is 3.17. The Hall–Kier alpha value is -2.58. The van der Waals surface area contributed by atoms with E-state index in [2.05, 4.69) is 25.4 Å². The van der Waals surface area contributed by atoms with Crippen molar-refractivity contribution in [2.24, 2.45) is 0 Å². The van der Waals surface area contributed by atoms with Crippen LogP contribution in [0.3, 0.4) is 0 Å². The van der Waals surface area contributed by atoms with E-state index in [1.54, 1.807) is 29.5 Å². The molecule has 7 nitrogen and oxygen atoms in total. The maximum atomic E-state index is 12.1. The van der Waals surface area contributed by atoms with Gasteiger partial charge in [0.25, 0.3) is 5.56 Å². The molecule has 1 N–H and O–H groups in total. The minimum atomic E-state index is -0.222. The lowest BCUT2D eigenvalue weighted by Gasteiger charge is -2.02. The molecule has 23 heavy (non-hydrogen) atoms. The third-order valence-electron chi connectivity index (χ3n) is 3.24. The van der Waals surface area contributed by atoms with Crippen LogP contribution in [0.4, 0.5) is 0 Å². The zero-order chi connectivity index (χ0) is 15.8. The Balaban J connectivity index is 1.69. The standard InChI is InChI=1S/C14H9ClN6OS/c15-9-1-2-10-11(5-9)16-12(17-14(10)22)6-21-19-13(18-20-21)8-3-4-23-7-8/h1-5,7H,6H2,(H,16,17,22). The number of rotatable bonds is 3. The molecular weight excluding hydrogens is 336 g/mol. The van der Waals surface area contributed by atoms with E-state index >= 15 is 0 Å². The second-order valence-corrected chi connectivity index (χ2v) is 6.05. The molecular formula is C14H9ClN6OS. The number of hydrogen-bond donors (Lipinski definition) is 1. The molecule has 0 unspecified atom stereocenters. The number of H-pyrrole nitrogens is 1. The second-order valence-electron chi connectivity index (χ2n) is 4.83. The Labute approximate surface area is 138 Å². The van der Waals surface area contributed by atoms with Crippen LogP contribution in [-0.4, -0.2) is 30.2 Å². The first-order valence-corrected chi connectivity index (χ1v) is 8.00. The molecule has 0 aliphatic heterocycles. The summed E-state index contributed by atoms with van der Waals surface area (Å²) in [6, 6.07) is 6.88. The van der Waals surface area contributed by atoms with Crippen LogP contribution in [0.5, 0.6) is 0 Å². The van der Waals surface area contributed by atoms with Gasteiger partial charge in [0.05, 0.1) is 10.9 Å². The number of nitrogens with one attached hydrogen (secondary N) is 1. The number of thiophene rings is 1. The van der Waals surface area contributed by atoms with Crippen molar-refractivity contribution in [3.63, 3.8) is 0 Å². The molecule has 0 fully saturated rings. The first-order chi connectivity index (χ1) is 11.2. The molecule has 0 amide bonds. The number of benzene rings is 1. The van der Waals surface area contributed by atoms with Crippen LogP contribution in [-0.2, 0) is 6.54 Å². The monoisotopic (exact) mass is 344 g/mol. The molecule has 1 aromatic carbocycles. The highest BCUT2D eigenvalue weighted by molar-refractivity contribution is 7.08. The minimum absolute atomic E-state index is 0.217. The van der Waals surface area contributed by atoms with Gasteiger partial charge in [-0.15, -0.1) is 10.2 Å². The fourth-order valence-corrected chi connectivity index (χ4v) is 2.99. The van der Waals surface area contributed by atoms with Crippen LogP contribution in [0.25, 0.3) is 22.3 Å². The predicted octanol–water partition coefficient (Wildman–Crippen LogP) is 2.34. The van der Waals surface area contributed by atoms with Crippen molar-refractivity contribution in [2.45, 2.75) is 6.54 Å². The lowest BCUT2D eigenvalue weighted by molar-refractivity contribution is 0.555. The molecule has 0 bridgehead atoms. The van der Waals surface area contributed by atoms with E-state index in [9.17, 15) is 4.79 Å². The second kappa shape index (κ2) is 5.56. The van der Waals surface area contributed by atoms with Crippen LogP contribution in [0.1, 0.15) is 5.82 Å². The summed E-state index contributed by atoms with van der Waals surface area (Å²) < 4.78 is 0. The molecule has 0 saturated heterocycles. The lowest BCUT2D eigenvalue weighted by Crippen LogP contribution is -2.15. The zero-order valence-electron chi connectivity index (χ0n) is 11.6. The SMILES string of the molecule is O=c1[nH]c(Cn2nnc(-c3ccsc3)n2)nc2cc(Cl)ccc12. The molecule has 4 rings (SSSR count). The number of halogens is 1. The summed E-state index contributed by atoms with van der Waals surface area (Å²) in [5, 5.41) is 17.2. The van der Waals surface area contributed by atoms with Crippen LogP contribution in [0.2, 0.25) is 5.02 Å². The van der Waals surface area contributed by atoms with Crippen molar-refractivity contribution in [1.82, 2.24) is 30.2 Å². The van der Waals surface area contributed by atoms with Crippen LogP contribution in [0.15, 0.2) is 39.8 Å². The Morgan fingerprint density at radius 3 is 3.04 bits per heavy atom. The summed E-state index contributed by atoms with van der Waals surface area (Å²) in [7, 11) is 0. The molecule has 3 heterocycles. The lowest BCUT2D eigenvalue weighted by atomic mass is 10.2. The van der Waals surface area contributed by atoms with Crippen molar-refractivity contribution in [3.8, 4) is 11.4 Å². The van der Waals surface area contributed by atoms with Crippen LogP contribution >= 0.6 is 22.9 Å². The summed E-state index contributed by atoms with van der Waals surface area (Å²) in [4.78, 5) is 20.6. The fraction of sp³-hybridized carbons (Fsp3) is 0.0714. The first kappa shape index (κ1) is 14.0. The molecule has 0 atom stereocenters. The number of aromatic nitrogens is 6. The van der Waals surface area contributed by atoms with Crippen molar-refractivity contribution in [3.05, 3.63) is 56.2 Å². The van der Waals surface area contributed by atoms with Gasteiger partial charge in [0, 0.05) is 16.0 Å². The van der Waals surface area contributed by atoms with Gasteiger partial charge in [0.1, 0.15) is 12.4 Å². The Bertz CT molecular complexity index is 1040. The van der Waals surface area contributed by atoms with Gasteiger partial charge in [-0.25, -0.2) is 4.98 Å². The topological polar surface area (TPSA) is 89.4 Å². The summed E-state index contributed by atoms with van der Waals surface area (Å²) >= 11 is 7.52. The molecule has 4 aromatic rings. The maximum Gasteiger partial charge on any atom is 0.258 e. The highest BCUT2D eigenvalue weighted by atomic mass is 35.5. The number of hydrogen-bond acceptors (Lipinski definition) is 6. The summed E-state index contributed by atoms with van der Waals surface area (Å²) in [6.45, 7) is 0.217. The molecule has 0 saturated carbocycles. The highest BCUT2D eigenvalue weighted by Gasteiger charge is 2.09. The molecule has 3 aromatic heterocycles. The van der Waals surface area contributed by atoms with E-state index < -0.39 is 0 Å². The first-order valence-electron chi connectivity index (χ1n) is 6.68. The third kappa shape index (κ3) is 2.73. The third-order valence-corrected chi connectivity index (χ3v) is 4.16. The molecule has 9 heteroatoms. The largest absolute Gasteiger partial charge is 0.308 e. The number of fused-ring (bicyclic) bond motifs is 1. The van der Waals surface area contributed by atoms with Crippen molar-refractivity contribution >= 4 is 33.8 Å². The fourth-order valence-electron chi connectivity index (χ4n) is 2.19. The van der Waals surface area contributed by atoms with E-state index in [1.807, 2.05) is 16.8 Å². The molecule has 0 aliphatic rings. The Morgan fingerprint density at radius 1 is 1.30 bits per heavy atom. The molecule has 114 valence electrons. The highest BCUT2D eigenvalue weighted by Crippen LogP contribution is 2.17. The van der Waals surface area contributed by atoms with Crippen molar-refractivity contribution in [2.75, 3.05) is 0 Å². The van der Waals surface area contributed by atoms with Gasteiger partial charge in [0.15, 0.2) is 0 Å². The zero-order valence-corrected chi connectivity index (χ0v) is 13.2. The molecule has 0 spiro atoms. The summed E-state index contributed by atoms with van der Waals surface area (Å²) in [5.74, 6) is 0.983. The summed E-state index contributed by atoms with van der Waals surface area (Å²) in [5.41, 5.74) is 1.22. The quantitative estimate of drug-likeness (QED) is 0.616. The summed E-state index contributed by atoms with van der Waals surface area (Å²) in [6.07, 6.45) is 0. The van der Waals surface area contributed by atoms with Crippen molar-refractivity contribution < 1.29 is 0 Å². The van der Waals surface area contributed by atoms with E-state index in [0.29, 0.717) is 27.6 Å². The van der Waals surface area contributed by atoms with E-state index in [-0.39, 0.29) is 12.1 Å². The average molecular weight is 345 g/mol. The van der Waals surface area contributed by atoms with E-state index in [0.717, 1.165) is 5.56 Å².